The molecule has 3 heterocycles. The van der Waals surface area contributed by atoms with Crippen molar-refractivity contribution in [1.29, 1.82) is 0 Å². The standard InChI is InChI=1S/C16H21N5O2/c1-10(2)21-14-11(9-19-21)7-12(8-18-14)15(22)20-13-5-3-4-6-17-16(13)23/h7-10,13H,3-6H2,1-2H3,(H,17,23)(H,20,22)/t13-/m1/s1. The molecular formula is C16H21N5O2. The molecular weight excluding hydrogens is 294 g/mol. The number of carbonyl (C=O) groups is 2. The van der Waals surface area contributed by atoms with E-state index in [1.807, 2.05) is 18.5 Å². The van der Waals surface area contributed by atoms with Crippen LogP contribution in [0.25, 0.3) is 11.0 Å². The second-order valence-corrected chi connectivity index (χ2v) is 6.13. The zero-order chi connectivity index (χ0) is 16.4. The summed E-state index contributed by atoms with van der Waals surface area (Å²) in [6.45, 7) is 4.73. The summed E-state index contributed by atoms with van der Waals surface area (Å²) in [5, 5.41) is 10.7. The predicted octanol–water partition coefficient (Wildman–Crippen LogP) is 1.41. The summed E-state index contributed by atoms with van der Waals surface area (Å²) in [6, 6.07) is 1.49. The third-order valence-electron chi connectivity index (χ3n) is 4.03. The molecule has 0 aliphatic carbocycles. The molecule has 0 radical (unpaired) electrons. The van der Waals surface area contributed by atoms with E-state index < -0.39 is 6.04 Å². The SMILES string of the molecule is CC(C)n1ncc2cc(C(=O)N[C@@H]3CCCCNC3=O)cnc21. The minimum absolute atomic E-state index is 0.113. The van der Waals surface area contributed by atoms with Gasteiger partial charge in [-0.2, -0.15) is 5.10 Å². The number of nitrogens with one attached hydrogen (secondary N) is 2. The molecule has 1 atom stereocenters. The smallest absolute Gasteiger partial charge is 0.253 e. The van der Waals surface area contributed by atoms with Gasteiger partial charge in [-0.15, -0.1) is 0 Å². The van der Waals surface area contributed by atoms with E-state index in [2.05, 4.69) is 20.7 Å². The maximum Gasteiger partial charge on any atom is 0.253 e. The van der Waals surface area contributed by atoms with Crippen molar-refractivity contribution in [2.45, 2.75) is 45.2 Å². The minimum atomic E-state index is -0.473. The summed E-state index contributed by atoms with van der Waals surface area (Å²) in [7, 11) is 0. The molecule has 7 heteroatoms. The lowest BCUT2D eigenvalue weighted by Crippen LogP contribution is -2.45. The summed E-state index contributed by atoms with van der Waals surface area (Å²) < 4.78 is 1.82. The first-order chi connectivity index (χ1) is 11.1. The Balaban J connectivity index is 1.79. The highest BCUT2D eigenvalue weighted by Gasteiger charge is 2.23. The van der Waals surface area contributed by atoms with Crippen LogP contribution in [-0.2, 0) is 4.79 Å². The van der Waals surface area contributed by atoms with E-state index in [-0.39, 0.29) is 17.9 Å². The Kier molecular flexibility index (Phi) is 4.27. The van der Waals surface area contributed by atoms with Gasteiger partial charge in [-0.1, -0.05) is 0 Å². The second-order valence-electron chi connectivity index (χ2n) is 6.13. The Bertz CT molecular complexity index is 737. The van der Waals surface area contributed by atoms with Crippen molar-refractivity contribution in [3.8, 4) is 0 Å². The molecule has 0 saturated carbocycles. The quantitative estimate of drug-likeness (QED) is 0.896. The van der Waals surface area contributed by atoms with Gasteiger partial charge in [0.05, 0.1) is 11.8 Å². The van der Waals surface area contributed by atoms with Gasteiger partial charge in [-0.3, -0.25) is 9.59 Å². The lowest BCUT2D eigenvalue weighted by Gasteiger charge is -2.15. The summed E-state index contributed by atoms with van der Waals surface area (Å²) in [5.41, 5.74) is 1.20. The molecule has 1 saturated heterocycles. The van der Waals surface area contributed by atoms with E-state index in [9.17, 15) is 9.59 Å². The Morgan fingerprint density at radius 1 is 1.39 bits per heavy atom. The summed E-state index contributed by atoms with van der Waals surface area (Å²) >= 11 is 0. The van der Waals surface area contributed by atoms with Gasteiger partial charge in [0, 0.05) is 24.2 Å². The fraction of sp³-hybridized carbons (Fsp3) is 0.500. The molecule has 122 valence electrons. The largest absolute Gasteiger partial charge is 0.354 e. The fourth-order valence-corrected chi connectivity index (χ4v) is 2.76. The fourth-order valence-electron chi connectivity index (χ4n) is 2.76. The molecule has 2 aromatic rings. The van der Waals surface area contributed by atoms with Crippen LogP contribution in [0.3, 0.4) is 0 Å². The van der Waals surface area contributed by atoms with Crippen LogP contribution in [0.4, 0.5) is 0 Å². The second kappa shape index (κ2) is 6.36. The molecule has 7 nitrogen and oxygen atoms in total. The first-order valence-corrected chi connectivity index (χ1v) is 7.98. The number of hydrogen-bond acceptors (Lipinski definition) is 4. The number of rotatable bonds is 3. The number of hydrogen-bond donors (Lipinski definition) is 2. The molecule has 0 bridgehead atoms. The van der Waals surface area contributed by atoms with Gasteiger partial charge in [0.25, 0.3) is 5.91 Å². The third-order valence-corrected chi connectivity index (χ3v) is 4.03. The average molecular weight is 315 g/mol. The van der Waals surface area contributed by atoms with Crippen molar-refractivity contribution in [2.75, 3.05) is 6.54 Å². The topological polar surface area (TPSA) is 88.9 Å². The van der Waals surface area contributed by atoms with Crippen molar-refractivity contribution >= 4 is 22.8 Å². The average Bonchev–Trinajstić information content (AvgIpc) is 2.86. The molecule has 23 heavy (non-hydrogen) atoms. The molecule has 1 aliphatic heterocycles. The van der Waals surface area contributed by atoms with Crippen LogP contribution in [0.1, 0.15) is 49.5 Å². The molecule has 1 aliphatic rings. The number of fused-ring (bicyclic) bond motifs is 1. The van der Waals surface area contributed by atoms with Crippen LogP contribution in [0.2, 0.25) is 0 Å². The van der Waals surface area contributed by atoms with E-state index >= 15 is 0 Å². The van der Waals surface area contributed by atoms with Crippen molar-refractivity contribution in [2.24, 2.45) is 0 Å². The van der Waals surface area contributed by atoms with Crippen LogP contribution < -0.4 is 10.6 Å². The number of amides is 2. The molecule has 0 spiro atoms. The van der Waals surface area contributed by atoms with E-state index in [1.54, 1.807) is 12.3 Å². The van der Waals surface area contributed by atoms with Gasteiger partial charge in [0.15, 0.2) is 5.65 Å². The molecule has 2 amide bonds. The highest BCUT2D eigenvalue weighted by molar-refractivity contribution is 5.99. The lowest BCUT2D eigenvalue weighted by atomic mass is 10.1. The van der Waals surface area contributed by atoms with E-state index in [4.69, 9.17) is 0 Å². The normalized spacial score (nSPS) is 18.7. The Labute approximate surface area is 134 Å². The monoisotopic (exact) mass is 315 g/mol. The van der Waals surface area contributed by atoms with Gasteiger partial charge in [0.1, 0.15) is 6.04 Å². The maximum absolute atomic E-state index is 12.4. The van der Waals surface area contributed by atoms with Gasteiger partial charge in [-0.05, 0) is 39.2 Å². The van der Waals surface area contributed by atoms with Crippen molar-refractivity contribution in [3.05, 3.63) is 24.0 Å². The van der Waals surface area contributed by atoms with Crippen molar-refractivity contribution < 1.29 is 9.59 Å². The molecule has 0 unspecified atom stereocenters. The molecule has 2 N–H and O–H groups in total. The first-order valence-electron chi connectivity index (χ1n) is 7.98. The summed E-state index contributed by atoms with van der Waals surface area (Å²) in [6.07, 6.45) is 5.77. The van der Waals surface area contributed by atoms with E-state index in [0.29, 0.717) is 18.5 Å². The Morgan fingerprint density at radius 2 is 2.22 bits per heavy atom. The first kappa shape index (κ1) is 15.5. The molecule has 2 aromatic heterocycles. The predicted molar refractivity (Wildman–Crippen MR) is 86.0 cm³/mol. The number of nitrogens with zero attached hydrogens (tertiary/aromatic N) is 3. The maximum atomic E-state index is 12.4. The van der Waals surface area contributed by atoms with Gasteiger partial charge >= 0.3 is 0 Å². The summed E-state index contributed by atoms with van der Waals surface area (Å²) in [4.78, 5) is 28.7. The van der Waals surface area contributed by atoms with E-state index in [1.165, 1.54) is 6.20 Å². The number of pyridine rings is 1. The number of carbonyl (C=O) groups excluding carboxylic acids is 2. The highest BCUT2D eigenvalue weighted by atomic mass is 16.2. The minimum Gasteiger partial charge on any atom is -0.354 e. The number of aromatic nitrogens is 3. The molecule has 3 rings (SSSR count). The van der Waals surface area contributed by atoms with Crippen molar-refractivity contribution in [1.82, 2.24) is 25.4 Å². The van der Waals surface area contributed by atoms with Crippen LogP contribution >= 0.6 is 0 Å². The van der Waals surface area contributed by atoms with Crippen LogP contribution in [0, 0.1) is 0 Å². The Morgan fingerprint density at radius 3 is 3.00 bits per heavy atom. The van der Waals surface area contributed by atoms with Crippen LogP contribution in [-0.4, -0.2) is 39.2 Å². The lowest BCUT2D eigenvalue weighted by molar-refractivity contribution is -0.122. The molecule has 0 aromatic carbocycles. The highest BCUT2D eigenvalue weighted by Crippen LogP contribution is 2.17. The van der Waals surface area contributed by atoms with Gasteiger partial charge < -0.3 is 10.6 Å². The molecule has 1 fully saturated rings. The zero-order valence-corrected chi connectivity index (χ0v) is 13.4. The van der Waals surface area contributed by atoms with Gasteiger partial charge in [0.2, 0.25) is 5.91 Å². The van der Waals surface area contributed by atoms with Crippen molar-refractivity contribution in [3.63, 3.8) is 0 Å². The van der Waals surface area contributed by atoms with Crippen LogP contribution in [0.15, 0.2) is 18.5 Å². The van der Waals surface area contributed by atoms with E-state index in [0.717, 1.165) is 23.9 Å². The Hall–Kier alpha value is -2.44. The van der Waals surface area contributed by atoms with Gasteiger partial charge in [-0.25, -0.2) is 9.67 Å². The van der Waals surface area contributed by atoms with Crippen LogP contribution in [0.5, 0.6) is 0 Å². The third kappa shape index (κ3) is 3.18. The summed E-state index contributed by atoms with van der Waals surface area (Å²) in [5.74, 6) is -0.392. The zero-order valence-electron chi connectivity index (χ0n) is 13.4.